The zero-order valence-corrected chi connectivity index (χ0v) is 9.01. The molecule has 1 nitrogen and oxygen atoms in total. The van der Waals surface area contributed by atoms with Crippen LogP contribution in [0, 0.1) is 11.8 Å². The lowest BCUT2D eigenvalue weighted by molar-refractivity contribution is 0.246. The summed E-state index contributed by atoms with van der Waals surface area (Å²) >= 11 is 0. The van der Waals surface area contributed by atoms with Crippen LogP contribution in [0.5, 0.6) is 0 Å². The highest BCUT2D eigenvalue weighted by molar-refractivity contribution is 4.85. The van der Waals surface area contributed by atoms with Crippen LogP contribution in [0.25, 0.3) is 0 Å². The van der Waals surface area contributed by atoms with E-state index in [2.05, 4.69) is 32.8 Å². The number of hydrogen-bond acceptors (Lipinski definition) is 1. The summed E-state index contributed by atoms with van der Waals surface area (Å²) < 4.78 is 0. The minimum Gasteiger partial charge on any atom is -0.306 e. The topological polar surface area (TPSA) is 3.24 Å². The Kier molecular flexibility index (Phi) is 3.57. The first-order valence-corrected chi connectivity index (χ1v) is 5.31. The maximum Gasteiger partial charge on any atom is 0.0117 e. The standard InChI is InChI=1S/C11H23N/c1-5-6-10-7-9(2)11(8-10)12(3)4/h9-11H,5-8H2,1-4H3. The van der Waals surface area contributed by atoms with E-state index in [1.54, 1.807) is 0 Å². The lowest BCUT2D eigenvalue weighted by Gasteiger charge is -2.23. The Morgan fingerprint density at radius 2 is 1.92 bits per heavy atom. The average molecular weight is 169 g/mol. The minimum atomic E-state index is 0.849. The largest absolute Gasteiger partial charge is 0.306 e. The molecule has 0 saturated heterocycles. The van der Waals surface area contributed by atoms with E-state index in [1.807, 2.05) is 0 Å². The molecule has 0 radical (unpaired) electrons. The molecule has 0 aliphatic heterocycles. The van der Waals surface area contributed by atoms with E-state index >= 15 is 0 Å². The van der Waals surface area contributed by atoms with Crippen molar-refractivity contribution in [3.8, 4) is 0 Å². The first-order valence-electron chi connectivity index (χ1n) is 5.31. The van der Waals surface area contributed by atoms with Gasteiger partial charge in [0.25, 0.3) is 0 Å². The van der Waals surface area contributed by atoms with Crippen molar-refractivity contribution in [3.05, 3.63) is 0 Å². The molecule has 0 aromatic heterocycles. The molecular weight excluding hydrogens is 146 g/mol. The first-order chi connectivity index (χ1) is 5.65. The van der Waals surface area contributed by atoms with E-state index in [9.17, 15) is 0 Å². The average Bonchev–Trinajstić information content (AvgIpc) is 2.32. The maximum atomic E-state index is 2.40. The summed E-state index contributed by atoms with van der Waals surface area (Å²) in [4.78, 5) is 2.40. The van der Waals surface area contributed by atoms with Gasteiger partial charge in [0.15, 0.2) is 0 Å². The Balaban J connectivity index is 2.39. The predicted molar refractivity (Wildman–Crippen MR) is 54.3 cm³/mol. The molecule has 0 heterocycles. The molecule has 0 aromatic carbocycles. The van der Waals surface area contributed by atoms with Crippen molar-refractivity contribution in [3.63, 3.8) is 0 Å². The first kappa shape index (κ1) is 10.0. The van der Waals surface area contributed by atoms with Crippen LogP contribution in [0.15, 0.2) is 0 Å². The molecular formula is C11H23N. The van der Waals surface area contributed by atoms with Crippen LogP contribution >= 0.6 is 0 Å². The van der Waals surface area contributed by atoms with Crippen molar-refractivity contribution in [1.82, 2.24) is 4.90 Å². The summed E-state index contributed by atoms with van der Waals surface area (Å²) in [6.07, 6.45) is 5.69. The van der Waals surface area contributed by atoms with Crippen LogP contribution < -0.4 is 0 Å². The highest BCUT2D eigenvalue weighted by Crippen LogP contribution is 2.35. The highest BCUT2D eigenvalue weighted by Gasteiger charge is 2.31. The summed E-state index contributed by atoms with van der Waals surface area (Å²) in [7, 11) is 4.44. The third kappa shape index (κ3) is 2.22. The minimum absolute atomic E-state index is 0.849. The Morgan fingerprint density at radius 3 is 2.33 bits per heavy atom. The zero-order chi connectivity index (χ0) is 9.14. The Morgan fingerprint density at radius 1 is 1.25 bits per heavy atom. The Labute approximate surface area is 77.1 Å². The van der Waals surface area contributed by atoms with Gasteiger partial charge in [0.1, 0.15) is 0 Å². The van der Waals surface area contributed by atoms with Gasteiger partial charge in [-0.3, -0.25) is 0 Å². The fraction of sp³-hybridized carbons (Fsp3) is 1.00. The summed E-state index contributed by atoms with van der Waals surface area (Å²) in [6.45, 7) is 4.70. The summed E-state index contributed by atoms with van der Waals surface area (Å²) in [5.41, 5.74) is 0. The van der Waals surface area contributed by atoms with E-state index in [1.165, 1.54) is 25.7 Å². The Hall–Kier alpha value is -0.0400. The molecule has 1 aliphatic rings. The molecule has 0 N–H and O–H groups in total. The van der Waals surface area contributed by atoms with Crippen molar-refractivity contribution in [2.75, 3.05) is 14.1 Å². The van der Waals surface area contributed by atoms with Crippen LogP contribution in [0.4, 0.5) is 0 Å². The van der Waals surface area contributed by atoms with Gasteiger partial charge in [0.2, 0.25) is 0 Å². The second-order valence-electron chi connectivity index (χ2n) is 4.63. The van der Waals surface area contributed by atoms with Crippen molar-refractivity contribution in [2.45, 2.75) is 45.6 Å². The molecule has 1 fully saturated rings. The summed E-state index contributed by atoms with van der Waals surface area (Å²) in [5, 5.41) is 0. The second-order valence-corrected chi connectivity index (χ2v) is 4.63. The molecule has 72 valence electrons. The van der Waals surface area contributed by atoms with Gasteiger partial charge < -0.3 is 4.90 Å². The molecule has 0 aromatic rings. The van der Waals surface area contributed by atoms with E-state index in [-0.39, 0.29) is 0 Å². The quantitative estimate of drug-likeness (QED) is 0.628. The van der Waals surface area contributed by atoms with Gasteiger partial charge in [-0.25, -0.2) is 0 Å². The van der Waals surface area contributed by atoms with Gasteiger partial charge in [-0.15, -0.1) is 0 Å². The predicted octanol–water partition coefficient (Wildman–Crippen LogP) is 2.76. The SMILES string of the molecule is CCCC1CC(C)C(N(C)C)C1. The fourth-order valence-corrected chi connectivity index (χ4v) is 2.72. The third-order valence-corrected chi connectivity index (χ3v) is 3.30. The van der Waals surface area contributed by atoms with E-state index in [0.717, 1.165) is 17.9 Å². The number of hydrogen-bond donors (Lipinski definition) is 0. The molecule has 0 spiro atoms. The normalized spacial score (nSPS) is 36.2. The number of rotatable bonds is 3. The zero-order valence-electron chi connectivity index (χ0n) is 9.01. The van der Waals surface area contributed by atoms with Crippen LogP contribution in [0.1, 0.15) is 39.5 Å². The maximum absolute atomic E-state index is 2.40. The van der Waals surface area contributed by atoms with Gasteiger partial charge in [-0.1, -0.05) is 26.7 Å². The number of nitrogens with zero attached hydrogens (tertiary/aromatic N) is 1. The second kappa shape index (κ2) is 4.27. The molecule has 1 heteroatoms. The van der Waals surface area contributed by atoms with Crippen molar-refractivity contribution in [1.29, 1.82) is 0 Å². The molecule has 1 saturated carbocycles. The van der Waals surface area contributed by atoms with Crippen LogP contribution in [0.2, 0.25) is 0 Å². The van der Waals surface area contributed by atoms with Crippen molar-refractivity contribution in [2.24, 2.45) is 11.8 Å². The van der Waals surface area contributed by atoms with E-state index in [4.69, 9.17) is 0 Å². The summed E-state index contributed by atoms with van der Waals surface area (Å²) in [6, 6.07) is 0.849. The molecule has 12 heavy (non-hydrogen) atoms. The van der Waals surface area contributed by atoms with Crippen molar-refractivity contribution < 1.29 is 0 Å². The van der Waals surface area contributed by atoms with Crippen molar-refractivity contribution >= 4 is 0 Å². The molecule has 3 atom stereocenters. The van der Waals surface area contributed by atoms with Crippen LogP contribution in [-0.2, 0) is 0 Å². The van der Waals surface area contributed by atoms with Gasteiger partial charge >= 0.3 is 0 Å². The monoisotopic (exact) mass is 169 g/mol. The van der Waals surface area contributed by atoms with E-state index in [0.29, 0.717) is 0 Å². The van der Waals surface area contributed by atoms with Gasteiger partial charge in [-0.05, 0) is 38.8 Å². The van der Waals surface area contributed by atoms with Crippen LogP contribution in [-0.4, -0.2) is 25.0 Å². The van der Waals surface area contributed by atoms with Crippen LogP contribution in [0.3, 0.4) is 0 Å². The van der Waals surface area contributed by atoms with Gasteiger partial charge in [0.05, 0.1) is 0 Å². The molecule has 1 rings (SSSR count). The van der Waals surface area contributed by atoms with Gasteiger partial charge in [0, 0.05) is 6.04 Å². The Bertz CT molecular complexity index is 131. The lowest BCUT2D eigenvalue weighted by atomic mass is 10.0. The smallest absolute Gasteiger partial charge is 0.0117 e. The highest BCUT2D eigenvalue weighted by atomic mass is 15.1. The third-order valence-electron chi connectivity index (χ3n) is 3.30. The lowest BCUT2D eigenvalue weighted by Crippen LogP contribution is -2.29. The molecule has 0 amide bonds. The van der Waals surface area contributed by atoms with Gasteiger partial charge in [-0.2, -0.15) is 0 Å². The van der Waals surface area contributed by atoms with E-state index < -0.39 is 0 Å². The molecule has 1 aliphatic carbocycles. The summed E-state index contributed by atoms with van der Waals surface area (Å²) in [5.74, 6) is 1.92. The molecule has 0 bridgehead atoms. The molecule has 3 unspecified atom stereocenters. The fourth-order valence-electron chi connectivity index (χ4n) is 2.72.